The van der Waals surface area contributed by atoms with Crippen LogP contribution in [-0.2, 0) is 11.3 Å². The fraction of sp³-hybridized carbons (Fsp3) is 0.261. The van der Waals surface area contributed by atoms with Crippen LogP contribution >= 0.6 is 0 Å². The molecule has 134 valence electrons. The highest BCUT2D eigenvalue weighted by Crippen LogP contribution is 2.23. The molecule has 3 rings (SSSR count). The van der Waals surface area contributed by atoms with Crippen molar-refractivity contribution >= 4 is 16.7 Å². The molecule has 0 aliphatic heterocycles. The van der Waals surface area contributed by atoms with E-state index in [0.29, 0.717) is 12.2 Å². The fourth-order valence-electron chi connectivity index (χ4n) is 2.86. The molecule has 0 radical (unpaired) electrons. The Balaban J connectivity index is 1.72. The van der Waals surface area contributed by atoms with E-state index < -0.39 is 0 Å². The predicted molar refractivity (Wildman–Crippen MR) is 105 cm³/mol. The van der Waals surface area contributed by atoms with Crippen molar-refractivity contribution in [2.45, 2.75) is 39.4 Å². The number of fused-ring (bicyclic) bond motifs is 1. The molecule has 3 heteroatoms. The van der Waals surface area contributed by atoms with Gasteiger partial charge in [-0.3, -0.25) is 0 Å². The molecule has 0 fully saturated rings. The standard InChI is InChI=1S/C23H24O3/c1-3-21(4-2)26-23(24)20-11-10-19-15-22(13-12-18(19)14-20)25-16-17-8-6-5-7-9-17/h5-15,21H,3-4,16H2,1-2H3. The lowest BCUT2D eigenvalue weighted by molar-refractivity contribution is 0.0284. The smallest absolute Gasteiger partial charge is 0.338 e. The van der Waals surface area contributed by atoms with Crippen LogP contribution in [0.1, 0.15) is 42.6 Å². The van der Waals surface area contributed by atoms with E-state index in [-0.39, 0.29) is 12.1 Å². The van der Waals surface area contributed by atoms with Crippen LogP contribution < -0.4 is 4.74 Å². The number of rotatable bonds is 7. The lowest BCUT2D eigenvalue weighted by Gasteiger charge is -2.14. The van der Waals surface area contributed by atoms with E-state index in [4.69, 9.17) is 9.47 Å². The van der Waals surface area contributed by atoms with Crippen LogP contribution in [0.2, 0.25) is 0 Å². The van der Waals surface area contributed by atoms with Gasteiger partial charge in [0.05, 0.1) is 5.56 Å². The second-order valence-electron chi connectivity index (χ2n) is 6.34. The van der Waals surface area contributed by atoms with Crippen molar-refractivity contribution < 1.29 is 14.3 Å². The number of carbonyl (C=O) groups is 1. The van der Waals surface area contributed by atoms with Gasteiger partial charge in [0.25, 0.3) is 0 Å². The number of ether oxygens (including phenoxy) is 2. The first-order valence-electron chi connectivity index (χ1n) is 9.11. The molecule has 0 aromatic heterocycles. The Morgan fingerprint density at radius 3 is 2.31 bits per heavy atom. The summed E-state index contributed by atoms with van der Waals surface area (Å²) < 4.78 is 11.4. The van der Waals surface area contributed by atoms with Crippen molar-refractivity contribution in [1.29, 1.82) is 0 Å². The molecule has 0 spiro atoms. The summed E-state index contributed by atoms with van der Waals surface area (Å²) in [6.45, 7) is 4.59. The Kier molecular flexibility index (Phi) is 5.90. The molecule has 0 saturated heterocycles. The number of benzene rings is 3. The third kappa shape index (κ3) is 4.42. The predicted octanol–water partition coefficient (Wildman–Crippen LogP) is 5.76. The number of carbonyl (C=O) groups excluding carboxylic acids is 1. The van der Waals surface area contributed by atoms with E-state index in [1.165, 1.54) is 0 Å². The summed E-state index contributed by atoms with van der Waals surface area (Å²) in [6, 6.07) is 21.6. The third-order valence-corrected chi connectivity index (χ3v) is 4.48. The molecule has 0 aliphatic rings. The molecule has 0 amide bonds. The minimum absolute atomic E-state index is 0.0213. The van der Waals surface area contributed by atoms with Gasteiger partial charge >= 0.3 is 5.97 Å². The summed E-state index contributed by atoms with van der Waals surface area (Å²) >= 11 is 0. The zero-order valence-corrected chi connectivity index (χ0v) is 15.3. The first-order valence-corrected chi connectivity index (χ1v) is 9.11. The molecule has 0 heterocycles. The minimum atomic E-state index is -0.259. The van der Waals surface area contributed by atoms with E-state index in [1.54, 1.807) is 0 Å². The van der Waals surface area contributed by atoms with Crippen molar-refractivity contribution in [1.82, 2.24) is 0 Å². The summed E-state index contributed by atoms with van der Waals surface area (Å²) in [6.07, 6.45) is 1.64. The number of hydrogen-bond acceptors (Lipinski definition) is 3. The Morgan fingerprint density at radius 1 is 0.885 bits per heavy atom. The fourth-order valence-corrected chi connectivity index (χ4v) is 2.86. The monoisotopic (exact) mass is 348 g/mol. The molecule has 3 aromatic carbocycles. The Labute approximate surface area is 154 Å². The molecule has 3 nitrogen and oxygen atoms in total. The van der Waals surface area contributed by atoms with Crippen LogP contribution in [0.25, 0.3) is 10.8 Å². The van der Waals surface area contributed by atoms with Crippen LogP contribution in [-0.4, -0.2) is 12.1 Å². The summed E-state index contributed by atoms with van der Waals surface area (Å²) in [5, 5.41) is 2.03. The van der Waals surface area contributed by atoms with Gasteiger partial charge in [-0.25, -0.2) is 4.79 Å². The van der Waals surface area contributed by atoms with Gasteiger partial charge in [-0.2, -0.15) is 0 Å². The minimum Gasteiger partial charge on any atom is -0.489 e. The van der Waals surface area contributed by atoms with Crippen molar-refractivity contribution in [3.8, 4) is 5.75 Å². The van der Waals surface area contributed by atoms with Crippen LogP contribution in [0.3, 0.4) is 0 Å². The van der Waals surface area contributed by atoms with Gasteiger partial charge in [0.2, 0.25) is 0 Å². The second kappa shape index (κ2) is 8.52. The molecule has 0 saturated carbocycles. The number of hydrogen-bond donors (Lipinski definition) is 0. The average Bonchev–Trinajstić information content (AvgIpc) is 2.70. The van der Waals surface area contributed by atoms with Crippen molar-refractivity contribution in [2.75, 3.05) is 0 Å². The van der Waals surface area contributed by atoms with Crippen molar-refractivity contribution in [3.05, 3.63) is 77.9 Å². The third-order valence-electron chi connectivity index (χ3n) is 4.48. The molecule has 0 aliphatic carbocycles. The quantitative estimate of drug-likeness (QED) is 0.509. The Morgan fingerprint density at radius 2 is 1.58 bits per heavy atom. The van der Waals surface area contributed by atoms with Gasteiger partial charge < -0.3 is 9.47 Å². The summed E-state index contributed by atoms with van der Waals surface area (Å²) in [5.74, 6) is 0.554. The summed E-state index contributed by atoms with van der Waals surface area (Å²) in [4.78, 5) is 12.3. The largest absolute Gasteiger partial charge is 0.489 e. The first kappa shape index (κ1) is 18.0. The van der Waals surface area contributed by atoms with E-state index in [0.717, 1.165) is 34.9 Å². The van der Waals surface area contributed by atoms with Crippen molar-refractivity contribution in [3.63, 3.8) is 0 Å². The maximum Gasteiger partial charge on any atom is 0.338 e. The molecular formula is C23H24O3. The van der Waals surface area contributed by atoms with E-state index >= 15 is 0 Å². The highest BCUT2D eigenvalue weighted by molar-refractivity contribution is 5.95. The topological polar surface area (TPSA) is 35.5 Å². The normalized spacial score (nSPS) is 10.9. The molecular weight excluding hydrogens is 324 g/mol. The lowest BCUT2D eigenvalue weighted by atomic mass is 10.1. The highest BCUT2D eigenvalue weighted by Gasteiger charge is 2.13. The van der Waals surface area contributed by atoms with Gasteiger partial charge in [0.15, 0.2) is 0 Å². The van der Waals surface area contributed by atoms with Gasteiger partial charge in [-0.1, -0.05) is 56.3 Å². The lowest BCUT2D eigenvalue weighted by Crippen LogP contribution is -2.16. The zero-order valence-electron chi connectivity index (χ0n) is 15.3. The summed E-state index contributed by atoms with van der Waals surface area (Å²) in [5.41, 5.74) is 1.72. The van der Waals surface area contributed by atoms with Crippen LogP contribution in [0.4, 0.5) is 0 Å². The number of esters is 1. The average molecular weight is 348 g/mol. The first-order chi connectivity index (χ1) is 12.7. The molecule has 26 heavy (non-hydrogen) atoms. The zero-order chi connectivity index (χ0) is 18.4. The van der Waals surface area contributed by atoms with Crippen LogP contribution in [0.15, 0.2) is 66.7 Å². The Hall–Kier alpha value is -2.81. The molecule has 0 bridgehead atoms. The highest BCUT2D eigenvalue weighted by atomic mass is 16.5. The SMILES string of the molecule is CCC(CC)OC(=O)c1ccc2cc(OCc3ccccc3)ccc2c1. The van der Waals surface area contributed by atoms with Crippen LogP contribution in [0.5, 0.6) is 5.75 Å². The maximum atomic E-state index is 12.3. The van der Waals surface area contributed by atoms with Crippen molar-refractivity contribution in [2.24, 2.45) is 0 Å². The van der Waals surface area contributed by atoms with Gasteiger partial charge in [0, 0.05) is 0 Å². The molecule has 3 aromatic rings. The second-order valence-corrected chi connectivity index (χ2v) is 6.34. The van der Waals surface area contributed by atoms with Gasteiger partial charge in [-0.15, -0.1) is 0 Å². The van der Waals surface area contributed by atoms with Gasteiger partial charge in [-0.05, 0) is 53.4 Å². The summed E-state index contributed by atoms with van der Waals surface area (Å²) in [7, 11) is 0. The van der Waals surface area contributed by atoms with Gasteiger partial charge in [0.1, 0.15) is 18.5 Å². The molecule has 0 unspecified atom stereocenters. The van der Waals surface area contributed by atoms with Crippen LogP contribution in [0, 0.1) is 0 Å². The van der Waals surface area contributed by atoms with E-state index in [2.05, 4.69) is 0 Å². The Bertz CT molecular complexity index is 867. The molecule has 0 N–H and O–H groups in total. The van der Waals surface area contributed by atoms with E-state index in [9.17, 15) is 4.79 Å². The maximum absolute atomic E-state index is 12.3. The van der Waals surface area contributed by atoms with E-state index in [1.807, 2.05) is 80.6 Å². The molecule has 0 atom stereocenters.